The quantitative estimate of drug-likeness (QED) is 0.826. The second-order valence-corrected chi connectivity index (χ2v) is 4.94. The fourth-order valence-electron chi connectivity index (χ4n) is 2.07. The lowest BCUT2D eigenvalue weighted by molar-refractivity contribution is 0.375. The molecule has 1 saturated carbocycles. The maximum atomic E-state index is 4.28. The lowest BCUT2D eigenvalue weighted by atomic mass is 9.95. The number of nitrogens with one attached hydrogen (secondary N) is 1. The van der Waals surface area contributed by atoms with E-state index in [0.717, 1.165) is 19.0 Å². The lowest BCUT2D eigenvalue weighted by Gasteiger charge is -2.22. The second-order valence-electron chi connectivity index (χ2n) is 3.96. The van der Waals surface area contributed by atoms with Gasteiger partial charge in [-0.25, -0.2) is 4.98 Å². The molecular formula is C11H18N2S. The zero-order valence-electron chi connectivity index (χ0n) is 8.54. The van der Waals surface area contributed by atoms with E-state index in [9.17, 15) is 0 Å². The maximum absolute atomic E-state index is 4.28. The third-order valence-corrected chi connectivity index (χ3v) is 3.70. The van der Waals surface area contributed by atoms with E-state index in [2.05, 4.69) is 15.7 Å². The van der Waals surface area contributed by atoms with E-state index < -0.39 is 0 Å². The highest BCUT2D eigenvalue weighted by Gasteiger charge is 2.11. The topological polar surface area (TPSA) is 24.9 Å². The molecule has 0 spiro atoms. The Morgan fingerprint density at radius 1 is 1.36 bits per heavy atom. The maximum Gasteiger partial charge on any atom is 0.0937 e. The Morgan fingerprint density at radius 2 is 2.21 bits per heavy atom. The van der Waals surface area contributed by atoms with Gasteiger partial charge in [-0.2, -0.15) is 0 Å². The minimum absolute atomic E-state index is 0.781. The van der Waals surface area contributed by atoms with Crippen molar-refractivity contribution < 1.29 is 0 Å². The molecule has 1 aliphatic rings. The molecule has 3 heteroatoms. The van der Waals surface area contributed by atoms with Crippen molar-refractivity contribution in [1.82, 2.24) is 10.3 Å². The second kappa shape index (κ2) is 5.47. The van der Waals surface area contributed by atoms with Crippen LogP contribution in [0.5, 0.6) is 0 Å². The van der Waals surface area contributed by atoms with Crippen molar-refractivity contribution in [2.75, 3.05) is 6.54 Å². The first kappa shape index (κ1) is 10.1. The minimum atomic E-state index is 0.781. The average molecular weight is 210 g/mol. The molecule has 0 aromatic carbocycles. The summed E-state index contributed by atoms with van der Waals surface area (Å²) in [5.41, 5.74) is 0. The van der Waals surface area contributed by atoms with Crippen molar-refractivity contribution in [2.45, 2.75) is 44.6 Å². The van der Waals surface area contributed by atoms with Crippen LogP contribution >= 0.6 is 11.3 Å². The van der Waals surface area contributed by atoms with Crippen LogP contribution < -0.4 is 5.32 Å². The molecule has 2 nitrogen and oxygen atoms in total. The van der Waals surface area contributed by atoms with Crippen LogP contribution in [0.15, 0.2) is 11.6 Å². The van der Waals surface area contributed by atoms with Gasteiger partial charge in [0.25, 0.3) is 0 Å². The van der Waals surface area contributed by atoms with E-state index in [-0.39, 0.29) is 0 Å². The van der Waals surface area contributed by atoms with Crippen molar-refractivity contribution in [1.29, 1.82) is 0 Å². The molecule has 1 aromatic heterocycles. The third kappa shape index (κ3) is 3.07. The Kier molecular flexibility index (Phi) is 3.95. The molecule has 0 bridgehead atoms. The molecule has 2 rings (SSSR count). The van der Waals surface area contributed by atoms with Gasteiger partial charge in [-0.1, -0.05) is 19.3 Å². The number of hydrogen-bond donors (Lipinski definition) is 1. The van der Waals surface area contributed by atoms with Crippen LogP contribution in [-0.2, 0) is 6.42 Å². The predicted molar refractivity (Wildman–Crippen MR) is 60.7 cm³/mol. The first-order valence-electron chi connectivity index (χ1n) is 5.57. The molecule has 0 atom stereocenters. The molecule has 0 aliphatic heterocycles. The molecule has 1 aliphatic carbocycles. The molecule has 14 heavy (non-hydrogen) atoms. The summed E-state index contributed by atoms with van der Waals surface area (Å²) in [4.78, 5) is 4.28. The summed E-state index contributed by atoms with van der Waals surface area (Å²) in [6, 6.07) is 0.781. The average Bonchev–Trinajstić information content (AvgIpc) is 2.72. The normalized spacial score (nSPS) is 18.6. The van der Waals surface area contributed by atoms with Crippen LogP contribution in [0.4, 0.5) is 0 Å². The smallest absolute Gasteiger partial charge is 0.0937 e. The van der Waals surface area contributed by atoms with Gasteiger partial charge in [-0.05, 0) is 12.8 Å². The van der Waals surface area contributed by atoms with E-state index in [1.54, 1.807) is 11.3 Å². The summed E-state index contributed by atoms with van der Waals surface area (Å²) in [5.74, 6) is 0. The number of hydrogen-bond acceptors (Lipinski definition) is 3. The van der Waals surface area contributed by atoms with E-state index in [1.165, 1.54) is 37.1 Å². The number of aromatic nitrogens is 1. The van der Waals surface area contributed by atoms with E-state index in [0.29, 0.717) is 0 Å². The van der Waals surface area contributed by atoms with Gasteiger partial charge in [0.2, 0.25) is 0 Å². The fraction of sp³-hybridized carbons (Fsp3) is 0.727. The predicted octanol–water partition coefficient (Wildman–Crippen LogP) is 2.61. The molecule has 1 aromatic rings. The fourth-order valence-corrected chi connectivity index (χ4v) is 2.69. The molecule has 78 valence electrons. The van der Waals surface area contributed by atoms with Gasteiger partial charge < -0.3 is 5.32 Å². The number of thiazole rings is 1. The Bertz CT molecular complexity index is 240. The highest BCUT2D eigenvalue weighted by Crippen LogP contribution is 2.17. The van der Waals surface area contributed by atoms with Crippen molar-refractivity contribution in [3.63, 3.8) is 0 Å². The highest BCUT2D eigenvalue weighted by molar-refractivity contribution is 7.09. The van der Waals surface area contributed by atoms with Crippen molar-refractivity contribution >= 4 is 11.3 Å². The standard InChI is InChI=1S/C11H18N2S/c1-2-4-10(5-3-1)12-7-6-11-13-8-9-14-11/h8-10,12H,1-7H2. The summed E-state index contributed by atoms with van der Waals surface area (Å²) in [6.45, 7) is 1.10. The summed E-state index contributed by atoms with van der Waals surface area (Å²) in [5, 5.41) is 6.94. The van der Waals surface area contributed by atoms with Crippen LogP contribution in [-0.4, -0.2) is 17.6 Å². The van der Waals surface area contributed by atoms with Crippen molar-refractivity contribution in [3.05, 3.63) is 16.6 Å². The lowest BCUT2D eigenvalue weighted by Crippen LogP contribution is -2.32. The van der Waals surface area contributed by atoms with Crippen LogP contribution in [0, 0.1) is 0 Å². The molecule has 0 radical (unpaired) electrons. The van der Waals surface area contributed by atoms with Crippen LogP contribution in [0.1, 0.15) is 37.1 Å². The van der Waals surface area contributed by atoms with Crippen molar-refractivity contribution in [3.8, 4) is 0 Å². The summed E-state index contributed by atoms with van der Waals surface area (Å²) < 4.78 is 0. The monoisotopic (exact) mass is 210 g/mol. The van der Waals surface area contributed by atoms with E-state index in [4.69, 9.17) is 0 Å². The van der Waals surface area contributed by atoms with Crippen molar-refractivity contribution in [2.24, 2.45) is 0 Å². The first-order chi connectivity index (χ1) is 6.95. The molecule has 0 unspecified atom stereocenters. The SMILES string of the molecule is c1csc(CCNC2CCCCC2)n1. The van der Waals surface area contributed by atoms with Gasteiger partial charge >= 0.3 is 0 Å². The molecule has 0 saturated heterocycles. The molecule has 1 N–H and O–H groups in total. The Labute approximate surface area is 89.8 Å². The zero-order chi connectivity index (χ0) is 9.64. The van der Waals surface area contributed by atoms with Gasteiger partial charge in [0, 0.05) is 30.6 Å². The van der Waals surface area contributed by atoms with Crippen LogP contribution in [0.2, 0.25) is 0 Å². The Hall–Kier alpha value is -0.410. The van der Waals surface area contributed by atoms with E-state index >= 15 is 0 Å². The number of rotatable bonds is 4. The van der Waals surface area contributed by atoms with Gasteiger partial charge in [0.1, 0.15) is 0 Å². The zero-order valence-corrected chi connectivity index (χ0v) is 9.35. The Morgan fingerprint density at radius 3 is 2.93 bits per heavy atom. The third-order valence-electron chi connectivity index (χ3n) is 2.86. The number of nitrogens with zero attached hydrogens (tertiary/aromatic N) is 1. The molecule has 1 heterocycles. The first-order valence-corrected chi connectivity index (χ1v) is 6.45. The van der Waals surface area contributed by atoms with E-state index in [1.807, 2.05) is 6.20 Å². The largest absolute Gasteiger partial charge is 0.314 e. The van der Waals surface area contributed by atoms with Gasteiger partial charge in [-0.15, -0.1) is 11.3 Å². The summed E-state index contributed by atoms with van der Waals surface area (Å²) in [7, 11) is 0. The summed E-state index contributed by atoms with van der Waals surface area (Å²) in [6.07, 6.45) is 9.99. The Balaban J connectivity index is 1.62. The highest BCUT2D eigenvalue weighted by atomic mass is 32.1. The molecule has 1 fully saturated rings. The minimum Gasteiger partial charge on any atom is -0.314 e. The van der Waals surface area contributed by atoms with Gasteiger partial charge in [0.05, 0.1) is 5.01 Å². The van der Waals surface area contributed by atoms with Gasteiger partial charge in [-0.3, -0.25) is 0 Å². The molecule has 0 amide bonds. The van der Waals surface area contributed by atoms with Gasteiger partial charge in [0.15, 0.2) is 0 Å². The van der Waals surface area contributed by atoms with Crippen LogP contribution in [0.3, 0.4) is 0 Å². The van der Waals surface area contributed by atoms with Crippen LogP contribution in [0.25, 0.3) is 0 Å². The summed E-state index contributed by atoms with van der Waals surface area (Å²) >= 11 is 1.76. The molecular weight excluding hydrogens is 192 g/mol.